The Morgan fingerprint density at radius 3 is 2.90 bits per heavy atom. The lowest BCUT2D eigenvalue weighted by molar-refractivity contribution is 0.115. The first kappa shape index (κ1) is 15.7. The van der Waals surface area contributed by atoms with Gasteiger partial charge in [0.25, 0.3) is 10.0 Å². The molecule has 1 N–H and O–H groups in total. The Kier molecular flexibility index (Phi) is 4.76. The van der Waals surface area contributed by atoms with Gasteiger partial charge in [0.2, 0.25) is 5.89 Å². The Labute approximate surface area is 125 Å². The van der Waals surface area contributed by atoms with Crippen molar-refractivity contribution in [1.82, 2.24) is 10.2 Å². The minimum absolute atomic E-state index is 0.0523. The molecule has 21 heavy (non-hydrogen) atoms. The lowest BCUT2D eigenvalue weighted by Gasteiger charge is -2.05. The lowest BCUT2D eigenvalue weighted by atomic mass is 10.3. The summed E-state index contributed by atoms with van der Waals surface area (Å²) in [6.07, 6.45) is 0. The Morgan fingerprint density at radius 1 is 1.43 bits per heavy atom. The molecule has 1 aromatic carbocycles. The highest BCUT2D eigenvalue weighted by atomic mass is 35.5. The van der Waals surface area contributed by atoms with Crippen molar-refractivity contribution >= 4 is 27.6 Å². The van der Waals surface area contributed by atoms with Crippen LogP contribution in [0.4, 0.5) is 10.4 Å². The summed E-state index contributed by atoms with van der Waals surface area (Å²) in [5.41, 5.74) is 0. The molecule has 0 aliphatic rings. The van der Waals surface area contributed by atoms with E-state index in [9.17, 15) is 12.8 Å². The van der Waals surface area contributed by atoms with Crippen molar-refractivity contribution in [1.29, 1.82) is 0 Å². The van der Waals surface area contributed by atoms with Crippen LogP contribution in [0.15, 0.2) is 27.5 Å². The van der Waals surface area contributed by atoms with Gasteiger partial charge in [0.15, 0.2) is 0 Å². The maximum atomic E-state index is 13.6. The molecule has 1 heterocycles. The van der Waals surface area contributed by atoms with E-state index in [0.29, 0.717) is 6.61 Å². The van der Waals surface area contributed by atoms with Crippen molar-refractivity contribution in [2.24, 2.45) is 0 Å². The predicted molar refractivity (Wildman–Crippen MR) is 71.8 cm³/mol. The van der Waals surface area contributed by atoms with Crippen molar-refractivity contribution in [3.8, 4) is 0 Å². The summed E-state index contributed by atoms with van der Waals surface area (Å²) >= 11 is 5.66. The molecule has 1 aromatic heterocycles. The number of ether oxygens (including phenoxy) is 1. The van der Waals surface area contributed by atoms with Gasteiger partial charge in [-0.1, -0.05) is 16.7 Å². The molecule has 2 aromatic rings. The first-order valence-electron chi connectivity index (χ1n) is 5.80. The van der Waals surface area contributed by atoms with Crippen molar-refractivity contribution < 1.29 is 22.0 Å². The van der Waals surface area contributed by atoms with Crippen LogP contribution in [-0.2, 0) is 21.4 Å². The molecule has 0 atom stereocenters. The van der Waals surface area contributed by atoms with Gasteiger partial charge in [0.05, 0.1) is 0 Å². The second-order valence-electron chi connectivity index (χ2n) is 3.82. The fraction of sp³-hybridized carbons (Fsp3) is 0.273. The Bertz CT molecular complexity index is 735. The quantitative estimate of drug-likeness (QED) is 0.869. The van der Waals surface area contributed by atoms with E-state index in [2.05, 4.69) is 10.2 Å². The SMILES string of the molecule is CCOCc1nnc(NS(=O)(=O)c2cc(Cl)ccc2F)o1. The molecular formula is C11H11ClFN3O4S. The number of anilines is 1. The summed E-state index contributed by atoms with van der Waals surface area (Å²) in [4.78, 5) is -0.612. The number of aromatic nitrogens is 2. The van der Waals surface area contributed by atoms with Crippen molar-refractivity contribution in [3.63, 3.8) is 0 Å². The number of halogens is 2. The van der Waals surface area contributed by atoms with E-state index in [0.717, 1.165) is 12.1 Å². The van der Waals surface area contributed by atoms with Gasteiger partial charge in [-0.05, 0) is 25.1 Å². The molecule has 10 heteroatoms. The van der Waals surface area contributed by atoms with Crippen molar-refractivity contribution in [2.75, 3.05) is 11.3 Å². The second kappa shape index (κ2) is 6.37. The zero-order chi connectivity index (χ0) is 15.5. The third-order valence-corrected chi connectivity index (χ3v) is 3.87. The van der Waals surface area contributed by atoms with Gasteiger partial charge in [-0.25, -0.2) is 17.5 Å². The average molecular weight is 336 g/mol. The molecule has 0 bridgehead atoms. The third-order valence-electron chi connectivity index (χ3n) is 2.30. The maximum absolute atomic E-state index is 13.6. The van der Waals surface area contributed by atoms with Crippen LogP contribution in [0.25, 0.3) is 0 Å². The fourth-order valence-corrected chi connectivity index (χ4v) is 2.66. The van der Waals surface area contributed by atoms with Crippen LogP contribution >= 0.6 is 11.6 Å². The minimum Gasteiger partial charge on any atom is -0.405 e. The summed E-state index contributed by atoms with van der Waals surface area (Å²) < 4.78 is 49.7. The average Bonchev–Trinajstić information content (AvgIpc) is 2.86. The summed E-state index contributed by atoms with van der Waals surface area (Å²) in [5.74, 6) is -0.845. The molecule has 0 aliphatic heterocycles. The monoisotopic (exact) mass is 335 g/mol. The summed E-state index contributed by atoms with van der Waals surface area (Å²) in [5, 5.41) is 7.16. The summed E-state index contributed by atoms with van der Waals surface area (Å²) in [7, 11) is -4.22. The van der Waals surface area contributed by atoms with E-state index >= 15 is 0 Å². The highest BCUT2D eigenvalue weighted by molar-refractivity contribution is 7.92. The van der Waals surface area contributed by atoms with Gasteiger partial charge in [0.1, 0.15) is 17.3 Å². The lowest BCUT2D eigenvalue weighted by Crippen LogP contribution is -2.14. The van der Waals surface area contributed by atoms with Crippen LogP contribution in [-0.4, -0.2) is 25.2 Å². The van der Waals surface area contributed by atoms with Crippen LogP contribution in [0, 0.1) is 5.82 Å². The molecule has 0 saturated heterocycles. The van der Waals surface area contributed by atoms with Gasteiger partial charge in [-0.2, -0.15) is 0 Å². The number of sulfonamides is 1. The molecule has 2 rings (SSSR count). The van der Waals surface area contributed by atoms with E-state index in [1.54, 1.807) is 6.92 Å². The highest BCUT2D eigenvalue weighted by Gasteiger charge is 2.22. The number of benzene rings is 1. The number of rotatable bonds is 6. The first-order chi connectivity index (χ1) is 9.92. The topological polar surface area (TPSA) is 94.3 Å². The number of nitrogens with one attached hydrogen (secondary N) is 1. The summed E-state index contributed by atoms with van der Waals surface area (Å²) in [6.45, 7) is 2.27. The van der Waals surface area contributed by atoms with Crippen molar-refractivity contribution in [2.45, 2.75) is 18.4 Å². The van der Waals surface area contributed by atoms with Crippen molar-refractivity contribution in [3.05, 3.63) is 34.9 Å². The molecule has 7 nitrogen and oxygen atoms in total. The zero-order valence-corrected chi connectivity index (χ0v) is 12.4. The number of hydrogen-bond donors (Lipinski definition) is 1. The molecule has 0 saturated carbocycles. The molecule has 0 radical (unpaired) electrons. The van der Waals surface area contributed by atoms with Crippen LogP contribution in [0.1, 0.15) is 12.8 Å². The number of hydrogen-bond acceptors (Lipinski definition) is 6. The van der Waals surface area contributed by atoms with Gasteiger partial charge in [-0.15, -0.1) is 5.10 Å². The maximum Gasteiger partial charge on any atom is 0.329 e. The second-order valence-corrected chi connectivity index (χ2v) is 5.91. The van der Waals surface area contributed by atoms with Crippen LogP contribution in [0.5, 0.6) is 0 Å². The third kappa shape index (κ3) is 3.90. The number of nitrogens with zero attached hydrogens (tertiary/aromatic N) is 2. The van der Waals surface area contributed by atoms with E-state index in [-0.39, 0.29) is 23.5 Å². The smallest absolute Gasteiger partial charge is 0.329 e. The molecule has 0 fully saturated rings. The van der Waals surface area contributed by atoms with Gasteiger partial charge in [-0.3, -0.25) is 0 Å². The van der Waals surface area contributed by atoms with Crippen LogP contribution < -0.4 is 4.72 Å². The molecule has 114 valence electrons. The molecule has 0 unspecified atom stereocenters. The van der Waals surface area contributed by atoms with Crippen LogP contribution in [0.2, 0.25) is 5.02 Å². The normalized spacial score (nSPS) is 11.6. The first-order valence-corrected chi connectivity index (χ1v) is 7.66. The zero-order valence-electron chi connectivity index (χ0n) is 10.8. The Balaban J connectivity index is 2.21. The van der Waals surface area contributed by atoms with E-state index in [1.807, 2.05) is 4.72 Å². The minimum atomic E-state index is -4.22. The van der Waals surface area contributed by atoms with Gasteiger partial charge in [0, 0.05) is 11.6 Å². The standard InChI is InChI=1S/C11H11ClFN3O4S/c1-2-19-6-10-14-15-11(20-10)16-21(17,18)9-5-7(12)3-4-8(9)13/h3-5H,2,6H2,1H3,(H,15,16). The summed E-state index contributed by atoms with van der Waals surface area (Å²) in [6, 6.07) is 2.79. The molecule has 0 aliphatic carbocycles. The fourth-order valence-electron chi connectivity index (χ4n) is 1.40. The van der Waals surface area contributed by atoms with E-state index in [4.69, 9.17) is 20.8 Å². The van der Waals surface area contributed by atoms with Gasteiger partial charge >= 0.3 is 6.01 Å². The Morgan fingerprint density at radius 2 is 2.19 bits per heavy atom. The largest absolute Gasteiger partial charge is 0.405 e. The van der Waals surface area contributed by atoms with Gasteiger partial charge < -0.3 is 9.15 Å². The van der Waals surface area contributed by atoms with E-state index in [1.165, 1.54) is 6.07 Å². The van der Waals surface area contributed by atoms with Crippen LogP contribution in [0.3, 0.4) is 0 Å². The Hall–Kier alpha value is -1.71. The molecule has 0 amide bonds. The highest BCUT2D eigenvalue weighted by Crippen LogP contribution is 2.22. The predicted octanol–water partition coefficient (Wildman–Crippen LogP) is 2.20. The molecular weight excluding hydrogens is 325 g/mol. The molecule has 0 spiro atoms. The van der Waals surface area contributed by atoms with E-state index < -0.39 is 20.7 Å².